The number of hydrogen-bond acceptors (Lipinski definition) is 2. The number of carbonyl (C=O) groups excluding carboxylic acids is 1. The van der Waals surface area contributed by atoms with Gasteiger partial charge in [-0.1, -0.05) is 72.8 Å². The lowest BCUT2D eigenvalue weighted by molar-refractivity contribution is -0.120. The third kappa shape index (κ3) is 6.04. The van der Waals surface area contributed by atoms with Gasteiger partial charge in [-0.3, -0.25) is 4.79 Å². The van der Waals surface area contributed by atoms with Gasteiger partial charge in [0.25, 0.3) is 0 Å². The monoisotopic (exact) mass is 363 g/mol. The summed E-state index contributed by atoms with van der Waals surface area (Å²) in [5.74, 6) is -0.559. The highest BCUT2D eigenvalue weighted by atomic mass is 19.1. The van der Waals surface area contributed by atoms with E-state index in [0.717, 1.165) is 16.7 Å². The maximum absolute atomic E-state index is 13.6. The quantitative estimate of drug-likeness (QED) is 0.644. The van der Waals surface area contributed by atoms with Crippen LogP contribution < -0.4 is 5.32 Å². The molecule has 0 bridgehead atoms. The lowest BCUT2D eigenvalue weighted by Crippen LogP contribution is -2.25. The summed E-state index contributed by atoms with van der Waals surface area (Å²) in [6.45, 7) is 1.47. The van der Waals surface area contributed by atoms with Gasteiger partial charge in [0.2, 0.25) is 5.91 Å². The SMILES string of the molecule is O=C(Cc1ccccc1F)NCc1cccc(COCc2ccccc2)c1. The van der Waals surface area contributed by atoms with Crippen LogP contribution in [-0.4, -0.2) is 5.91 Å². The second kappa shape index (κ2) is 9.64. The molecule has 0 atom stereocenters. The van der Waals surface area contributed by atoms with E-state index in [1.807, 2.05) is 54.6 Å². The van der Waals surface area contributed by atoms with E-state index in [1.165, 1.54) is 6.07 Å². The molecule has 1 amide bonds. The van der Waals surface area contributed by atoms with E-state index in [2.05, 4.69) is 5.32 Å². The highest BCUT2D eigenvalue weighted by molar-refractivity contribution is 5.78. The predicted octanol–water partition coefficient (Wildman–Crippen LogP) is 4.40. The fraction of sp³-hybridized carbons (Fsp3) is 0.174. The first-order chi connectivity index (χ1) is 13.2. The highest BCUT2D eigenvalue weighted by Crippen LogP contribution is 2.10. The molecule has 27 heavy (non-hydrogen) atoms. The number of benzene rings is 3. The minimum atomic E-state index is -0.356. The van der Waals surface area contributed by atoms with Gasteiger partial charge in [0.15, 0.2) is 0 Å². The molecule has 0 unspecified atom stereocenters. The molecule has 0 aliphatic heterocycles. The minimum absolute atomic E-state index is 0.0343. The first-order valence-corrected chi connectivity index (χ1v) is 8.90. The fourth-order valence-corrected chi connectivity index (χ4v) is 2.77. The summed E-state index contributed by atoms with van der Waals surface area (Å²) in [7, 11) is 0. The van der Waals surface area contributed by atoms with Crippen molar-refractivity contribution in [3.8, 4) is 0 Å². The normalized spacial score (nSPS) is 10.6. The second-order valence-electron chi connectivity index (χ2n) is 6.34. The summed E-state index contributed by atoms with van der Waals surface area (Å²) in [5, 5.41) is 2.84. The van der Waals surface area contributed by atoms with Crippen LogP contribution in [0.25, 0.3) is 0 Å². The fourth-order valence-electron chi connectivity index (χ4n) is 2.77. The van der Waals surface area contributed by atoms with Gasteiger partial charge < -0.3 is 10.1 Å². The van der Waals surface area contributed by atoms with E-state index in [1.54, 1.807) is 18.2 Å². The van der Waals surface area contributed by atoms with Gasteiger partial charge >= 0.3 is 0 Å². The van der Waals surface area contributed by atoms with Gasteiger partial charge in [-0.05, 0) is 28.3 Å². The van der Waals surface area contributed by atoms with Gasteiger partial charge in [-0.2, -0.15) is 0 Å². The summed E-state index contributed by atoms with van der Waals surface area (Å²) in [6, 6.07) is 24.2. The van der Waals surface area contributed by atoms with Crippen LogP contribution in [0.5, 0.6) is 0 Å². The van der Waals surface area contributed by atoms with Crippen LogP contribution in [0.4, 0.5) is 4.39 Å². The van der Waals surface area contributed by atoms with E-state index < -0.39 is 0 Å². The molecule has 3 rings (SSSR count). The Kier molecular flexibility index (Phi) is 6.72. The molecular formula is C23H22FNO2. The van der Waals surface area contributed by atoms with E-state index >= 15 is 0 Å². The van der Waals surface area contributed by atoms with Crippen molar-refractivity contribution >= 4 is 5.91 Å². The molecule has 0 saturated heterocycles. The van der Waals surface area contributed by atoms with Crippen molar-refractivity contribution in [1.82, 2.24) is 5.32 Å². The number of ether oxygens (including phenoxy) is 1. The number of carbonyl (C=O) groups is 1. The maximum atomic E-state index is 13.6. The van der Waals surface area contributed by atoms with Crippen molar-refractivity contribution in [2.45, 2.75) is 26.2 Å². The minimum Gasteiger partial charge on any atom is -0.372 e. The van der Waals surface area contributed by atoms with Gasteiger partial charge in [-0.15, -0.1) is 0 Å². The standard InChI is InChI=1S/C23H22FNO2/c24-22-12-5-4-11-21(22)14-23(26)25-15-19-9-6-10-20(13-19)17-27-16-18-7-2-1-3-8-18/h1-13H,14-17H2,(H,25,26). The third-order valence-electron chi connectivity index (χ3n) is 4.17. The largest absolute Gasteiger partial charge is 0.372 e. The van der Waals surface area contributed by atoms with Crippen molar-refractivity contribution in [3.63, 3.8) is 0 Å². The lowest BCUT2D eigenvalue weighted by Gasteiger charge is -2.09. The van der Waals surface area contributed by atoms with E-state index in [4.69, 9.17) is 4.74 Å². The number of halogens is 1. The smallest absolute Gasteiger partial charge is 0.224 e. The molecule has 3 aromatic rings. The summed E-state index contributed by atoms with van der Waals surface area (Å²) in [5.41, 5.74) is 3.57. The average Bonchev–Trinajstić information content (AvgIpc) is 2.69. The molecule has 0 aliphatic carbocycles. The van der Waals surface area contributed by atoms with Crippen molar-refractivity contribution < 1.29 is 13.9 Å². The zero-order valence-electron chi connectivity index (χ0n) is 15.0. The molecule has 1 N–H and O–H groups in total. The molecule has 3 aromatic carbocycles. The Morgan fingerprint density at radius 2 is 1.48 bits per heavy atom. The molecule has 0 saturated carbocycles. The van der Waals surface area contributed by atoms with Crippen LogP contribution in [0.15, 0.2) is 78.9 Å². The summed E-state index contributed by atoms with van der Waals surface area (Å²) in [4.78, 5) is 12.0. The van der Waals surface area contributed by atoms with Crippen LogP contribution in [-0.2, 0) is 35.7 Å². The topological polar surface area (TPSA) is 38.3 Å². The molecule has 4 heteroatoms. The Balaban J connectivity index is 1.47. The zero-order valence-corrected chi connectivity index (χ0v) is 15.0. The van der Waals surface area contributed by atoms with Crippen LogP contribution in [0, 0.1) is 5.82 Å². The van der Waals surface area contributed by atoms with E-state index in [-0.39, 0.29) is 18.1 Å². The van der Waals surface area contributed by atoms with Crippen LogP contribution in [0.1, 0.15) is 22.3 Å². The average molecular weight is 363 g/mol. The van der Waals surface area contributed by atoms with Crippen molar-refractivity contribution in [2.75, 3.05) is 0 Å². The van der Waals surface area contributed by atoms with Crippen molar-refractivity contribution in [3.05, 3.63) is 107 Å². The van der Waals surface area contributed by atoms with Gasteiger partial charge in [0, 0.05) is 6.54 Å². The molecule has 3 nitrogen and oxygen atoms in total. The third-order valence-corrected chi connectivity index (χ3v) is 4.17. The summed E-state index contributed by atoms with van der Waals surface area (Å²) in [6.07, 6.45) is 0.0343. The first-order valence-electron chi connectivity index (χ1n) is 8.90. The van der Waals surface area contributed by atoms with Gasteiger partial charge in [-0.25, -0.2) is 4.39 Å². The molecule has 138 valence electrons. The highest BCUT2D eigenvalue weighted by Gasteiger charge is 2.07. The molecule has 0 fully saturated rings. The Morgan fingerprint density at radius 1 is 0.815 bits per heavy atom. The maximum Gasteiger partial charge on any atom is 0.224 e. The molecule has 0 radical (unpaired) electrons. The first kappa shape index (κ1) is 18.8. The van der Waals surface area contributed by atoms with Gasteiger partial charge in [0.1, 0.15) is 5.82 Å². The Morgan fingerprint density at radius 3 is 2.30 bits per heavy atom. The lowest BCUT2D eigenvalue weighted by atomic mass is 10.1. The number of nitrogens with one attached hydrogen (secondary N) is 1. The predicted molar refractivity (Wildman–Crippen MR) is 103 cm³/mol. The van der Waals surface area contributed by atoms with Crippen molar-refractivity contribution in [2.24, 2.45) is 0 Å². The van der Waals surface area contributed by atoms with Gasteiger partial charge in [0.05, 0.1) is 19.6 Å². The zero-order chi connectivity index (χ0) is 18.9. The number of rotatable bonds is 8. The summed E-state index contributed by atoms with van der Waals surface area (Å²) >= 11 is 0. The van der Waals surface area contributed by atoms with E-state index in [9.17, 15) is 9.18 Å². The molecule has 0 aliphatic rings. The van der Waals surface area contributed by atoms with Crippen molar-refractivity contribution in [1.29, 1.82) is 0 Å². The molecule has 0 aromatic heterocycles. The second-order valence-corrected chi connectivity index (χ2v) is 6.34. The van der Waals surface area contributed by atoms with Crippen LogP contribution in [0.2, 0.25) is 0 Å². The van der Waals surface area contributed by atoms with Crippen LogP contribution >= 0.6 is 0 Å². The van der Waals surface area contributed by atoms with E-state index in [0.29, 0.717) is 25.3 Å². The van der Waals surface area contributed by atoms with Crippen LogP contribution in [0.3, 0.4) is 0 Å². The Bertz CT molecular complexity index is 880. The molecular weight excluding hydrogens is 341 g/mol. The summed E-state index contributed by atoms with van der Waals surface area (Å²) < 4.78 is 19.4. The number of hydrogen-bond donors (Lipinski definition) is 1. The Hall–Kier alpha value is -2.98. The Labute approximate surface area is 158 Å². The molecule has 0 spiro atoms. The molecule has 0 heterocycles. The number of amides is 1.